The molecule has 0 spiro atoms. The quantitative estimate of drug-likeness (QED) is 0.927. The molecular formula is C16H20N4. The van der Waals surface area contributed by atoms with Crippen LogP contribution < -0.4 is 0 Å². The SMILES string of the molecule is CC.N#CC1CC(c2ncc(Cc3ccncc3)[nH]2)C1. The number of nitriles is 1. The highest BCUT2D eigenvalue weighted by molar-refractivity contribution is 5.20. The van der Waals surface area contributed by atoms with Crippen LogP contribution in [0, 0.1) is 17.2 Å². The van der Waals surface area contributed by atoms with Crippen LogP contribution >= 0.6 is 0 Å². The first-order valence-corrected chi connectivity index (χ1v) is 7.17. The van der Waals surface area contributed by atoms with Gasteiger partial charge in [0.1, 0.15) is 5.82 Å². The third-order valence-electron chi connectivity index (χ3n) is 3.50. The largest absolute Gasteiger partial charge is 0.345 e. The van der Waals surface area contributed by atoms with Crippen molar-refractivity contribution in [3.8, 4) is 6.07 Å². The highest BCUT2D eigenvalue weighted by Gasteiger charge is 2.32. The van der Waals surface area contributed by atoms with Crippen molar-refractivity contribution in [2.45, 2.75) is 39.0 Å². The third-order valence-corrected chi connectivity index (χ3v) is 3.50. The molecule has 0 aliphatic heterocycles. The minimum absolute atomic E-state index is 0.226. The average molecular weight is 268 g/mol. The lowest BCUT2D eigenvalue weighted by Gasteiger charge is -2.28. The van der Waals surface area contributed by atoms with Gasteiger partial charge in [-0.05, 0) is 30.5 Å². The van der Waals surface area contributed by atoms with Crippen LogP contribution in [0.25, 0.3) is 0 Å². The highest BCUT2D eigenvalue weighted by atomic mass is 14.9. The molecule has 4 nitrogen and oxygen atoms in total. The molecule has 20 heavy (non-hydrogen) atoms. The van der Waals surface area contributed by atoms with Crippen molar-refractivity contribution in [3.63, 3.8) is 0 Å². The summed E-state index contributed by atoms with van der Waals surface area (Å²) in [6, 6.07) is 6.32. The Bertz CT molecular complexity index is 562. The van der Waals surface area contributed by atoms with E-state index >= 15 is 0 Å². The summed E-state index contributed by atoms with van der Waals surface area (Å²) in [5, 5.41) is 8.76. The van der Waals surface area contributed by atoms with E-state index in [0.29, 0.717) is 5.92 Å². The second kappa shape index (κ2) is 6.85. The molecule has 104 valence electrons. The van der Waals surface area contributed by atoms with E-state index in [2.05, 4.69) is 21.0 Å². The minimum Gasteiger partial charge on any atom is -0.345 e. The second-order valence-corrected chi connectivity index (χ2v) is 4.82. The molecule has 2 aromatic rings. The van der Waals surface area contributed by atoms with Crippen LogP contribution in [0.15, 0.2) is 30.7 Å². The lowest BCUT2D eigenvalue weighted by atomic mass is 9.75. The number of nitrogens with zero attached hydrogens (tertiary/aromatic N) is 3. The summed E-state index contributed by atoms with van der Waals surface area (Å²) in [5.74, 6) is 1.70. The van der Waals surface area contributed by atoms with Crippen LogP contribution in [0.5, 0.6) is 0 Å². The number of pyridine rings is 1. The maximum Gasteiger partial charge on any atom is 0.109 e. The van der Waals surface area contributed by atoms with Crippen molar-refractivity contribution in [2.24, 2.45) is 5.92 Å². The summed E-state index contributed by atoms with van der Waals surface area (Å²) in [6.45, 7) is 4.00. The molecule has 0 aromatic carbocycles. The molecule has 1 fully saturated rings. The van der Waals surface area contributed by atoms with Gasteiger partial charge in [-0.15, -0.1) is 0 Å². The minimum atomic E-state index is 0.226. The zero-order chi connectivity index (χ0) is 14.4. The molecule has 1 aliphatic rings. The molecule has 1 aliphatic carbocycles. The third kappa shape index (κ3) is 3.24. The van der Waals surface area contributed by atoms with Gasteiger partial charge in [0.25, 0.3) is 0 Å². The molecule has 0 radical (unpaired) electrons. The number of nitrogens with one attached hydrogen (secondary N) is 1. The molecule has 4 heteroatoms. The molecular weight excluding hydrogens is 248 g/mol. The van der Waals surface area contributed by atoms with Gasteiger partial charge in [0.05, 0.1) is 6.07 Å². The zero-order valence-electron chi connectivity index (χ0n) is 12.0. The van der Waals surface area contributed by atoms with Gasteiger partial charge in [0.2, 0.25) is 0 Å². The Morgan fingerprint density at radius 3 is 2.65 bits per heavy atom. The summed E-state index contributed by atoms with van der Waals surface area (Å²) in [7, 11) is 0. The maximum absolute atomic E-state index is 8.76. The van der Waals surface area contributed by atoms with Gasteiger partial charge in [-0.2, -0.15) is 5.26 Å². The normalized spacial score (nSPS) is 20.2. The fourth-order valence-corrected chi connectivity index (χ4v) is 2.34. The van der Waals surface area contributed by atoms with E-state index < -0.39 is 0 Å². The van der Waals surface area contributed by atoms with Gasteiger partial charge in [0.15, 0.2) is 0 Å². The highest BCUT2D eigenvalue weighted by Crippen LogP contribution is 2.39. The van der Waals surface area contributed by atoms with Gasteiger partial charge in [-0.3, -0.25) is 4.98 Å². The number of aromatic amines is 1. The van der Waals surface area contributed by atoms with Crippen molar-refractivity contribution in [3.05, 3.63) is 47.8 Å². The Hall–Kier alpha value is -2.15. The Balaban J connectivity index is 0.000000704. The molecule has 0 unspecified atom stereocenters. The molecule has 3 rings (SSSR count). The standard InChI is InChI=1S/C14H14N4.C2H6/c15-8-11-5-12(6-11)14-17-9-13(18-14)7-10-1-3-16-4-2-10;1-2/h1-4,9,11-12H,5-7H2,(H,17,18);1-2H3. The first-order valence-electron chi connectivity index (χ1n) is 7.17. The molecule has 1 saturated carbocycles. The number of hydrogen-bond acceptors (Lipinski definition) is 3. The fourth-order valence-electron chi connectivity index (χ4n) is 2.34. The molecule has 1 N–H and O–H groups in total. The number of hydrogen-bond donors (Lipinski definition) is 1. The smallest absolute Gasteiger partial charge is 0.109 e. The van der Waals surface area contributed by atoms with E-state index in [4.69, 9.17) is 5.26 Å². The van der Waals surface area contributed by atoms with Crippen molar-refractivity contribution < 1.29 is 0 Å². The van der Waals surface area contributed by atoms with Gasteiger partial charge < -0.3 is 4.98 Å². The predicted molar refractivity (Wildman–Crippen MR) is 78.1 cm³/mol. The lowest BCUT2D eigenvalue weighted by Crippen LogP contribution is -2.21. The molecule has 0 saturated heterocycles. The van der Waals surface area contributed by atoms with E-state index in [9.17, 15) is 0 Å². The first kappa shape index (κ1) is 14.3. The van der Waals surface area contributed by atoms with E-state index in [-0.39, 0.29) is 5.92 Å². The van der Waals surface area contributed by atoms with Crippen LogP contribution in [0.3, 0.4) is 0 Å². The van der Waals surface area contributed by atoms with Gasteiger partial charge in [-0.25, -0.2) is 4.98 Å². The molecule has 0 bridgehead atoms. The van der Waals surface area contributed by atoms with Crippen molar-refractivity contribution in [1.29, 1.82) is 5.26 Å². The monoisotopic (exact) mass is 268 g/mol. The first-order chi connectivity index (χ1) is 9.85. The molecule has 0 atom stereocenters. The fraction of sp³-hybridized carbons (Fsp3) is 0.438. The Labute approximate surface area is 119 Å². The van der Waals surface area contributed by atoms with Crippen LogP contribution in [-0.4, -0.2) is 15.0 Å². The summed E-state index contributed by atoms with van der Waals surface area (Å²) >= 11 is 0. The van der Waals surface area contributed by atoms with Gasteiger partial charge >= 0.3 is 0 Å². The summed E-state index contributed by atoms with van der Waals surface area (Å²) in [6.07, 6.45) is 8.24. The van der Waals surface area contributed by atoms with E-state index in [1.807, 2.05) is 32.2 Å². The van der Waals surface area contributed by atoms with Crippen molar-refractivity contribution in [2.75, 3.05) is 0 Å². The summed E-state index contributed by atoms with van der Waals surface area (Å²) in [4.78, 5) is 11.8. The van der Waals surface area contributed by atoms with E-state index in [0.717, 1.165) is 30.8 Å². The van der Waals surface area contributed by atoms with Crippen LogP contribution in [0.4, 0.5) is 0 Å². The summed E-state index contributed by atoms with van der Waals surface area (Å²) < 4.78 is 0. The molecule has 2 heterocycles. The van der Waals surface area contributed by atoms with Crippen LogP contribution in [0.1, 0.15) is 49.7 Å². The van der Waals surface area contributed by atoms with Crippen LogP contribution in [-0.2, 0) is 6.42 Å². The van der Waals surface area contributed by atoms with Gasteiger partial charge in [0, 0.05) is 42.5 Å². The number of aromatic nitrogens is 3. The van der Waals surface area contributed by atoms with Crippen molar-refractivity contribution in [1.82, 2.24) is 15.0 Å². The Kier molecular flexibility index (Phi) is 4.89. The topological polar surface area (TPSA) is 65.4 Å². The lowest BCUT2D eigenvalue weighted by molar-refractivity contribution is 0.320. The van der Waals surface area contributed by atoms with Gasteiger partial charge in [-0.1, -0.05) is 13.8 Å². The number of rotatable bonds is 3. The second-order valence-electron chi connectivity index (χ2n) is 4.82. The molecule has 0 amide bonds. The molecule has 2 aromatic heterocycles. The van der Waals surface area contributed by atoms with E-state index in [1.54, 1.807) is 12.4 Å². The summed E-state index contributed by atoms with van der Waals surface area (Å²) in [5.41, 5.74) is 2.35. The predicted octanol–water partition coefficient (Wildman–Crippen LogP) is 3.44. The maximum atomic E-state index is 8.76. The average Bonchev–Trinajstić information content (AvgIpc) is 2.89. The number of imidazole rings is 1. The Morgan fingerprint density at radius 2 is 2.00 bits per heavy atom. The zero-order valence-corrected chi connectivity index (χ0v) is 12.0. The Morgan fingerprint density at radius 1 is 1.30 bits per heavy atom. The van der Waals surface area contributed by atoms with Crippen molar-refractivity contribution >= 4 is 0 Å². The van der Waals surface area contributed by atoms with Crippen LogP contribution in [0.2, 0.25) is 0 Å². The van der Waals surface area contributed by atoms with E-state index in [1.165, 1.54) is 5.56 Å². The number of H-pyrrole nitrogens is 1.